The fraction of sp³-hybridized carbons (Fsp3) is 0.859. The van der Waals surface area contributed by atoms with E-state index in [4.69, 9.17) is 4.74 Å². The Balaban J connectivity index is 3.46. The summed E-state index contributed by atoms with van der Waals surface area (Å²) in [5.41, 5.74) is 0. The molecule has 0 bridgehead atoms. The average Bonchev–Trinajstić information content (AvgIpc) is 3.43. The van der Waals surface area contributed by atoms with Crippen LogP contribution in [0.2, 0.25) is 0 Å². The standard InChI is InChI=1S/C71H133NO5/c1-3-5-7-9-11-13-15-17-19-20-21-22-24-27-30-33-36-39-43-47-51-55-59-63-69(74)68(67-73)72-70(75)64-60-56-52-48-44-40-37-34-31-28-25-23-26-29-32-35-38-42-46-50-54-58-62-66-77-71(76)65-61-57-53-49-45-41-18-16-14-12-10-8-6-4-2/h10,12,16,18,23,26,28,31,68-69,73-74H,3-9,11,13-15,17,19-22,24-25,27,29-30,32-67H2,1-2H3,(H,72,75)/b12-10-,18-16-,26-23-,31-28-. The lowest BCUT2D eigenvalue weighted by atomic mass is 10.0. The van der Waals surface area contributed by atoms with E-state index in [1.807, 2.05) is 0 Å². The van der Waals surface area contributed by atoms with Gasteiger partial charge < -0.3 is 20.3 Å². The number of rotatable bonds is 64. The van der Waals surface area contributed by atoms with Crippen molar-refractivity contribution in [1.29, 1.82) is 0 Å². The molecular weight excluding hydrogens is 947 g/mol. The predicted molar refractivity (Wildman–Crippen MR) is 338 cm³/mol. The minimum absolute atomic E-state index is 0.00737. The van der Waals surface area contributed by atoms with E-state index in [9.17, 15) is 19.8 Å². The van der Waals surface area contributed by atoms with E-state index in [1.165, 1.54) is 270 Å². The molecule has 452 valence electrons. The van der Waals surface area contributed by atoms with Gasteiger partial charge >= 0.3 is 5.97 Å². The normalized spacial score (nSPS) is 12.8. The Hall–Kier alpha value is -2.18. The Kier molecular flexibility index (Phi) is 64.5. The highest BCUT2D eigenvalue weighted by molar-refractivity contribution is 5.76. The van der Waals surface area contributed by atoms with Crippen LogP contribution in [-0.4, -0.2) is 47.4 Å². The summed E-state index contributed by atoms with van der Waals surface area (Å²) in [6, 6.07) is -0.552. The fourth-order valence-electron chi connectivity index (χ4n) is 10.6. The van der Waals surface area contributed by atoms with Crippen LogP contribution in [0.15, 0.2) is 48.6 Å². The van der Waals surface area contributed by atoms with Crippen LogP contribution >= 0.6 is 0 Å². The molecule has 0 fully saturated rings. The van der Waals surface area contributed by atoms with Crippen LogP contribution in [0.5, 0.6) is 0 Å². The highest BCUT2D eigenvalue weighted by Gasteiger charge is 2.20. The smallest absolute Gasteiger partial charge is 0.305 e. The Labute approximate surface area is 480 Å². The molecule has 1 amide bonds. The Bertz CT molecular complexity index is 1290. The van der Waals surface area contributed by atoms with Crippen molar-refractivity contribution in [3.63, 3.8) is 0 Å². The molecule has 0 heterocycles. The lowest BCUT2D eigenvalue weighted by molar-refractivity contribution is -0.143. The molecule has 0 rings (SSSR count). The number of unbranched alkanes of at least 4 members (excludes halogenated alkanes) is 45. The summed E-state index contributed by atoms with van der Waals surface area (Å²) in [7, 11) is 0. The molecule has 6 nitrogen and oxygen atoms in total. The zero-order chi connectivity index (χ0) is 55.7. The number of ether oxygens (including phenoxy) is 1. The van der Waals surface area contributed by atoms with Gasteiger partial charge in [0.15, 0.2) is 0 Å². The number of hydrogen-bond acceptors (Lipinski definition) is 5. The van der Waals surface area contributed by atoms with Crippen LogP contribution in [0.25, 0.3) is 0 Å². The first-order valence-electron chi connectivity index (χ1n) is 34.4. The van der Waals surface area contributed by atoms with Gasteiger partial charge in [0.05, 0.1) is 25.4 Å². The Morgan fingerprint density at radius 3 is 1.03 bits per heavy atom. The molecule has 2 unspecified atom stereocenters. The van der Waals surface area contributed by atoms with E-state index < -0.39 is 12.1 Å². The Morgan fingerprint density at radius 1 is 0.364 bits per heavy atom. The van der Waals surface area contributed by atoms with Crippen molar-refractivity contribution in [2.75, 3.05) is 13.2 Å². The molecule has 6 heteroatoms. The fourth-order valence-corrected chi connectivity index (χ4v) is 10.6. The molecular formula is C71H133NO5. The van der Waals surface area contributed by atoms with Crippen molar-refractivity contribution in [3.8, 4) is 0 Å². The summed E-state index contributed by atoms with van der Waals surface area (Å²) >= 11 is 0. The number of aliphatic hydroxyl groups excluding tert-OH is 2. The maximum atomic E-state index is 12.5. The first-order valence-corrected chi connectivity index (χ1v) is 34.4. The van der Waals surface area contributed by atoms with Gasteiger partial charge in [-0.05, 0) is 83.5 Å². The molecule has 0 aliphatic carbocycles. The Morgan fingerprint density at radius 2 is 0.662 bits per heavy atom. The highest BCUT2D eigenvalue weighted by atomic mass is 16.5. The van der Waals surface area contributed by atoms with Crippen LogP contribution in [-0.2, 0) is 14.3 Å². The van der Waals surface area contributed by atoms with Crippen LogP contribution < -0.4 is 5.32 Å². The lowest BCUT2D eigenvalue weighted by Crippen LogP contribution is -2.45. The topological polar surface area (TPSA) is 95.9 Å². The van der Waals surface area contributed by atoms with Gasteiger partial charge in [-0.2, -0.15) is 0 Å². The highest BCUT2D eigenvalue weighted by Crippen LogP contribution is 2.18. The number of carbonyl (C=O) groups is 2. The number of aliphatic hydroxyl groups is 2. The number of esters is 1. The van der Waals surface area contributed by atoms with Gasteiger partial charge in [-0.3, -0.25) is 9.59 Å². The molecule has 3 N–H and O–H groups in total. The SMILES string of the molecule is CCCC/C=C\C/C=C\CCCCCCCC(=O)OCCCCCCCCCCC/C=C\C/C=C\CCCCCCCCCC(=O)NC(CO)C(O)CCCCCCCCCCCCCCCCCCCCCCCCC. The van der Waals surface area contributed by atoms with Gasteiger partial charge in [0.2, 0.25) is 5.91 Å². The third-order valence-corrected chi connectivity index (χ3v) is 15.9. The van der Waals surface area contributed by atoms with Crippen molar-refractivity contribution in [2.45, 2.75) is 379 Å². The van der Waals surface area contributed by atoms with E-state index in [0.717, 1.165) is 64.2 Å². The van der Waals surface area contributed by atoms with Gasteiger partial charge in [-0.1, -0.05) is 319 Å². The number of amides is 1. The van der Waals surface area contributed by atoms with Gasteiger partial charge in [0.1, 0.15) is 0 Å². The van der Waals surface area contributed by atoms with Crippen molar-refractivity contribution in [1.82, 2.24) is 5.32 Å². The molecule has 0 aromatic heterocycles. The number of nitrogens with one attached hydrogen (secondary N) is 1. The third-order valence-electron chi connectivity index (χ3n) is 15.9. The molecule has 0 saturated carbocycles. The van der Waals surface area contributed by atoms with Crippen LogP contribution in [0.3, 0.4) is 0 Å². The molecule has 0 saturated heterocycles. The first kappa shape index (κ1) is 74.8. The maximum absolute atomic E-state index is 12.5. The van der Waals surface area contributed by atoms with Crippen molar-refractivity contribution >= 4 is 11.9 Å². The summed E-state index contributed by atoms with van der Waals surface area (Å²) in [6.07, 6.45) is 85.7. The summed E-state index contributed by atoms with van der Waals surface area (Å²) in [5, 5.41) is 23.4. The molecule has 2 atom stereocenters. The minimum Gasteiger partial charge on any atom is -0.466 e. The molecule has 0 aliphatic rings. The van der Waals surface area contributed by atoms with Gasteiger partial charge in [-0.15, -0.1) is 0 Å². The van der Waals surface area contributed by atoms with E-state index in [0.29, 0.717) is 25.9 Å². The predicted octanol–water partition coefficient (Wildman–Crippen LogP) is 22.1. The molecule has 0 spiro atoms. The van der Waals surface area contributed by atoms with Crippen LogP contribution in [0.4, 0.5) is 0 Å². The van der Waals surface area contributed by atoms with Crippen molar-refractivity contribution < 1.29 is 24.5 Å². The zero-order valence-electron chi connectivity index (χ0n) is 51.7. The van der Waals surface area contributed by atoms with Gasteiger partial charge in [0, 0.05) is 12.8 Å². The molecule has 0 aromatic carbocycles. The molecule has 0 radical (unpaired) electrons. The van der Waals surface area contributed by atoms with Crippen LogP contribution in [0.1, 0.15) is 367 Å². The second-order valence-electron chi connectivity index (χ2n) is 23.5. The van der Waals surface area contributed by atoms with Crippen molar-refractivity contribution in [3.05, 3.63) is 48.6 Å². The first-order chi connectivity index (χ1) is 38.0. The summed E-state index contributed by atoms with van der Waals surface area (Å²) < 4.78 is 5.47. The molecule has 0 aliphatic heterocycles. The second kappa shape index (κ2) is 66.3. The third kappa shape index (κ3) is 62.9. The average molecular weight is 1080 g/mol. The molecule has 77 heavy (non-hydrogen) atoms. The second-order valence-corrected chi connectivity index (χ2v) is 23.5. The summed E-state index contributed by atoms with van der Waals surface area (Å²) in [6.45, 7) is 4.92. The minimum atomic E-state index is -0.673. The van der Waals surface area contributed by atoms with E-state index in [1.54, 1.807) is 0 Å². The number of allylic oxidation sites excluding steroid dienone is 8. The zero-order valence-corrected chi connectivity index (χ0v) is 51.7. The van der Waals surface area contributed by atoms with E-state index >= 15 is 0 Å². The quantitative estimate of drug-likeness (QED) is 0.0320. The summed E-state index contributed by atoms with van der Waals surface area (Å²) in [4.78, 5) is 24.6. The van der Waals surface area contributed by atoms with Gasteiger partial charge in [0.25, 0.3) is 0 Å². The van der Waals surface area contributed by atoms with Gasteiger partial charge in [-0.25, -0.2) is 0 Å². The molecule has 0 aromatic rings. The lowest BCUT2D eigenvalue weighted by Gasteiger charge is -2.22. The largest absolute Gasteiger partial charge is 0.466 e. The monoisotopic (exact) mass is 1080 g/mol. The number of carbonyl (C=O) groups excluding carboxylic acids is 2. The van der Waals surface area contributed by atoms with Crippen molar-refractivity contribution in [2.24, 2.45) is 0 Å². The summed E-state index contributed by atoms with van der Waals surface area (Å²) in [5.74, 6) is -0.0497. The number of hydrogen-bond donors (Lipinski definition) is 3. The van der Waals surface area contributed by atoms with E-state index in [-0.39, 0.29) is 18.5 Å². The van der Waals surface area contributed by atoms with E-state index in [2.05, 4.69) is 67.8 Å². The van der Waals surface area contributed by atoms with Crippen LogP contribution in [0, 0.1) is 0 Å². The maximum Gasteiger partial charge on any atom is 0.305 e.